The van der Waals surface area contributed by atoms with Gasteiger partial charge in [-0.05, 0) is 5.92 Å². The summed E-state index contributed by atoms with van der Waals surface area (Å²) >= 11 is 0. The summed E-state index contributed by atoms with van der Waals surface area (Å²) in [5, 5.41) is 4.53. The molecule has 0 saturated heterocycles. The van der Waals surface area contributed by atoms with Gasteiger partial charge in [-0.15, -0.1) is 0 Å². The summed E-state index contributed by atoms with van der Waals surface area (Å²) in [4.78, 5) is 4.60. The van der Waals surface area contributed by atoms with Crippen molar-refractivity contribution >= 4 is 0 Å². The molecule has 88 valence electrons. The minimum atomic E-state index is 0.188. The predicted molar refractivity (Wildman–Crippen MR) is 66.3 cm³/mol. The summed E-state index contributed by atoms with van der Waals surface area (Å²) < 4.78 is 1.95. The van der Waals surface area contributed by atoms with Crippen LogP contribution in [0.5, 0.6) is 0 Å². The number of fused-ring (bicyclic) bond motifs is 1. The summed E-state index contributed by atoms with van der Waals surface area (Å²) in [7, 11) is 0. The van der Waals surface area contributed by atoms with Gasteiger partial charge in [0.25, 0.3) is 0 Å². The van der Waals surface area contributed by atoms with Crippen molar-refractivity contribution in [2.24, 2.45) is 11.7 Å². The van der Waals surface area contributed by atoms with Gasteiger partial charge in [0, 0.05) is 18.0 Å². The zero-order valence-electron chi connectivity index (χ0n) is 9.87. The Labute approximate surface area is 100 Å². The van der Waals surface area contributed by atoms with Gasteiger partial charge in [-0.25, -0.2) is 9.67 Å². The minimum absolute atomic E-state index is 0.188. The molecule has 3 rings (SSSR count). The molecule has 0 fully saturated rings. The normalized spacial score (nSPS) is 23.4. The van der Waals surface area contributed by atoms with Crippen molar-refractivity contribution in [2.75, 3.05) is 0 Å². The molecule has 1 aliphatic rings. The zero-order chi connectivity index (χ0) is 11.8. The Kier molecular flexibility index (Phi) is 2.44. The van der Waals surface area contributed by atoms with Crippen LogP contribution >= 0.6 is 0 Å². The highest BCUT2D eigenvalue weighted by Gasteiger charge is 2.25. The van der Waals surface area contributed by atoms with E-state index in [4.69, 9.17) is 5.73 Å². The Morgan fingerprint density at radius 2 is 2.06 bits per heavy atom. The van der Waals surface area contributed by atoms with Gasteiger partial charge >= 0.3 is 0 Å². The second kappa shape index (κ2) is 3.96. The van der Waals surface area contributed by atoms with E-state index in [0.29, 0.717) is 5.92 Å². The molecule has 4 heteroatoms. The van der Waals surface area contributed by atoms with E-state index < -0.39 is 0 Å². The third-order valence-corrected chi connectivity index (χ3v) is 3.40. The van der Waals surface area contributed by atoms with E-state index in [1.807, 2.05) is 35.0 Å². The summed E-state index contributed by atoms with van der Waals surface area (Å²) in [6.45, 7) is 2.95. The lowest BCUT2D eigenvalue weighted by Gasteiger charge is -2.25. The minimum Gasteiger partial charge on any atom is -0.326 e. The number of aromatic nitrogens is 3. The molecule has 2 unspecified atom stereocenters. The maximum absolute atomic E-state index is 6.05. The summed E-state index contributed by atoms with van der Waals surface area (Å²) in [5.41, 5.74) is 7.12. The van der Waals surface area contributed by atoms with E-state index in [2.05, 4.69) is 17.0 Å². The fourth-order valence-corrected chi connectivity index (χ4v) is 2.20. The molecule has 2 N–H and O–H groups in total. The number of nitrogens with zero attached hydrogens (tertiary/aromatic N) is 3. The average Bonchev–Trinajstić information content (AvgIpc) is 2.74. The fraction of sp³-hybridized carbons (Fsp3) is 0.385. The van der Waals surface area contributed by atoms with Crippen molar-refractivity contribution in [2.45, 2.75) is 25.9 Å². The Hall–Kier alpha value is -1.68. The van der Waals surface area contributed by atoms with Gasteiger partial charge in [0.1, 0.15) is 5.82 Å². The van der Waals surface area contributed by atoms with Crippen LogP contribution in [0.4, 0.5) is 0 Å². The van der Waals surface area contributed by atoms with Gasteiger partial charge in [0.05, 0.1) is 6.54 Å². The van der Waals surface area contributed by atoms with Gasteiger partial charge in [0.15, 0.2) is 5.82 Å². The Morgan fingerprint density at radius 1 is 1.29 bits per heavy atom. The maximum Gasteiger partial charge on any atom is 0.181 e. The standard InChI is InChI=1S/C13H16N4/c1-9-7-12-15-13(10-5-3-2-4-6-10)16-17(12)8-11(9)14/h2-6,9,11H,7-8,14H2,1H3. The molecule has 1 aliphatic heterocycles. The molecule has 0 saturated carbocycles. The molecule has 0 aliphatic carbocycles. The number of nitrogens with two attached hydrogens (primary N) is 1. The van der Waals surface area contributed by atoms with E-state index in [1.54, 1.807) is 0 Å². The smallest absolute Gasteiger partial charge is 0.181 e. The third kappa shape index (κ3) is 1.85. The van der Waals surface area contributed by atoms with Crippen LogP contribution in [0.15, 0.2) is 30.3 Å². The summed E-state index contributed by atoms with van der Waals surface area (Å²) in [5.74, 6) is 2.34. The van der Waals surface area contributed by atoms with Crippen LogP contribution in [0, 0.1) is 5.92 Å². The highest BCUT2D eigenvalue weighted by atomic mass is 15.4. The highest BCUT2D eigenvalue weighted by molar-refractivity contribution is 5.54. The number of benzene rings is 1. The van der Waals surface area contributed by atoms with E-state index in [0.717, 1.165) is 30.2 Å². The van der Waals surface area contributed by atoms with E-state index >= 15 is 0 Å². The van der Waals surface area contributed by atoms with Crippen molar-refractivity contribution in [3.8, 4) is 11.4 Å². The lowest BCUT2D eigenvalue weighted by Crippen LogP contribution is -2.39. The molecule has 0 amide bonds. The van der Waals surface area contributed by atoms with Crippen LogP contribution in [0.25, 0.3) is 11.4 Å². The molecular weight excluding hydrogens is 212 g/mol. The Morgan fingerprint density at radius 3 is 2.82 bits per heavy atom. The molecule has 0 radical (unpaired) electrons. The molecule has 1 aromatic carbocycles. The molecule has 4 nitrogen and oxygen atoms in total. The maximum atomic E-state index is 6.05. The fourth-order valence-electron chi connectivity index (χ4n) is 2.20. The first kappa shape index (κ1) is 10.5. The van der Waals surface area contributed by atoms with Gasteiger partial charge in [-0.3, -0.25) is 0 Å². The summed E-state index contributed by atoms with van der Waals surface area (Å²) in [6, 6.07) is 10.3. The third-order valence-electron chi connectivity index (χ3n) is 3.40. The van der Waals surface area contributed by atoms with Gasteiger partial charge < -0.3 is 5.73 Å². The van der Waals surface area contributed by atoms with Crippen molar-refractivity contribution in [3.05, 3.63) is 36.2 Å². The highest BCUT2D eigenvalue weighted by Crippen LogP contribution is 2.21. The van der Waals surface area contributed by atoms with Crippen molar-refractivity contribution in [3.63, 3.8) is 0 Å². The van der Waals surface area contributed by atoms with Crippen LogP contribution in [0.2, 0.25) is 0 Å². The van der Waals surface area contributed by atoms with Crippen molar-refractivity contribution < 1.29 is 0 Å². The molecule has 17 heavy (non-hydrogen) atoms. The average molecular weight is 228 g/mol. The van der Waals surface area contributed by atoms with Crippen molar-refractivity contribution in [1.82, 2.24) is 14.8 Å². The lowest BCUT2D eigenvalue weighted by atomic mass is 9.96. The molecule has 2 aromatic rings. The van der Waals surface area contributed by atoms with Crippen LogP contribution in [-0.2, 0) is 13.0 Å². The van der Waals surface area contributed by atoms with Gasteiger partial charge in [-0.1, -0.05) is 37.3 Å². The molecule has 2 atom stereocenters. The second-order valence-corrected chi connectivity index (χ2v) is 4.75. The molecule has 1 aromatic heterocycles. The number of rotatable bonds is 1. The quantitative estimate of drug-likeness (QED) is 0.804. The first-order chi connectivity index (χ1) is 8.24. The van der Waals surface area contributed by atoms with Crippen LogP contribution in [0.3, 0.4) is 0 Å². The van der Waals surface area contributed by atoms with Gasteiger partial charge in [0.2, 0.25) is 0 Å². The van der Waals surface area contributed by atoms with Crippen LogP contribution in [0.1, 0.15) is 12.7 Å². The molecule has 0 spiro atoms. The van der Waals surface area contributed by atoms with E-state index in [9.17, 15) is 0 Å². The first-order valence-electron chi connectivity index (χ1n) is 5.99. The SMILES string of the molecule is CC1Cc2nc(-c3ccccc3)nn2CC1N. The predicted octanol–water partition coefficient (Wildman–Crippen LogP) is 1.46. The summed E-state index contributed by atoms with van der Waals surface area (Å²) in [6.07, 6.45) is 0.918. The zero-order valence-corrected chi connectivity index (χ0v) is 9.87. The molecular formula is C13H16N4. The number of hydrogen-bond acceptors (Lipinski definition) is 3. The van der Waals surface area contributed by atoms with Gasteiger partial charge in [-0.2, -0.15) is 5.10 Å². The second-order valence-electron chi connectivity index (χ2n) is 4.75. The lowest BCUT2D eigenvalue weighted by molar-refractivity contribution is 0.330. The molecule has 0 bridgehead atoms. The monoisotopic (exact) mass is 228 g/mol. The Balaban J connectivity index is 1.98. The van der Waals surface area contributed by atoms with E-state index in [1.165, 1.54) is 0 Å². The number of hydrogen-bond donors (Lipinski definition) is 1. The van der Waals surface area contributed by atoms with Crippen LogP contribution < -0.4 is 5.73 Å². The first-order valence-corrected chi connectivity index (χ1v) is 5.99. The van der Waals surface area contributed by atoms with Crippen LogP contribution in [-0.4, -0.2) is 20.8 Å². The van der Waals surface area contributed by atoms with Crippen molar-refractivity contribution in [1.29, 1.82) is 0 Å². The van der Waals surface area contributed by atoms with E-state index in [-0.39, 0.29) is 6.04 Å². The Bertz CT molecular complexity index is 490. The topological polar surface area (TPSA) is 56.7 Å². The largest absolute Gasteiger partial charge is 0.326 e. The molecule has 2 heterocycles.